The minimum absolute atomic E-state index is 0.447. The zero-order valence-corrected chi connectivity index (χ0v) is 11.8. The number of halogens is 1. The van der Waals surface area contributed by atoms with E-state index in [2.05, 4.69) is 21.2 Å². The van der Waals surface area contributed by atoms with E-state index >= 15 is 0 Å². The van der Waals surface area contributed by atoms with Crippen molar-refractivity contribution >= 4 is 33.2 Å². The number of amides is 1. The maximum atomic E-state index is 11.1. The summed E-state index contributed by atoms with van der Waals surface area (Å²) >= 11 is 3.33. The second-order valence-corrected chi connectivity index (χ2v) is 5.01. The van der Waals surface area contributed by atoms with Crippen LogP contribution in [0.25, 0.3) is 0 Å². The molecule has 0 saturated heterocycles. The van der Waals surface area contributed by atoms with Crippen LogP contribution in [0.5, 0.6) is 0 Å². The van der Waals surface area contributed by atoms with E-state index in [1.165, 1.54) is 0 Å². The molecular weight excluding hydrogens is 306 g/mol. The molecule has 1 amide bonds. The molecule has 0 aliphatic rings. The third kappa shape index (κ3) is 3.48. The number of nitrogens with two attached hydrogens (primary N) is 2. The third-order valence-electron chi connectivity index (χ3n) is 2.71. The number of carbonyl (C=O) groups excluding carboxylic acids is 1. The van der Waals surface area contributed by atoms with Crippen molar-refractivity contribution in [3.8, 4) is 0 Å². The van der Waals surface area contributed by atoms with E-state index in [4.69, 9.17) is 11.5 Å². The lowest BCUT2D eigenvalue weighted by Crippen LogP contribution is -2.11. The fraction of sp³-hybridized carbons (Fsp3) is 0.0714. The highest BCUT2D eigenvalue weighted by molar-refractivity contribution is 9.10. The van der Waals surface area contributed by atoms with Gasteiger partial charge in [0, 0.05) is 22.4 Å². The molecule has 5 N–H and O–H groups in total. The van der Waals surface area contributed by atoms with Gasteiger partial charge in [-0.1, -0.05) is 12.1 Å². The summed E-state index contributed by atoms with van der Waals surface area (Å²) in [6, 6.07) is 13.0. The molecule has 4 nitrogen and oxygen atoms in total. The van der Waals surface area contributed by atoms with Gasteiger partial charge in [-0.15, -0.1) is 0 Å². The minimum Gasteiger partial charge on any atom is -0.399 e. The van der Waals surface area contributed by atoms with Gasteiger partial charge in [0.2, 0.25) is 5.91 Å². The van der Waals surface area contributed by atoms with Crippen molar-refractivity contribution in [2.24, 2.45) is 5.73 Å². The van der Waals surface area contributed by atoms with E-state index in [-0.39, 0.29) is 0 Å². The molecule has 0 aliphatic heterocycles. The van der Waals surface area contributed by atoms with Crippen molar-refractivity contribution in [3.63, 3.8) is 0 Å². The number of hydrogen-bond acceptors (Lipinski definition) is 3. The van der Waals surface area contributed by atoms with Crippen LogP contribution in [0.4, 0.5) is 11.4 Å². The average Bonchev–Trinajstić information content (AvgIpc) is 2.37. The van der Waals surface area contributed by atoms with Gasteiger partial charge in [-0.25, -0.2) is 0 Å². The Labute approximate surface area is 119 Å². The van der Waals surface area contributed by atoms with Crippen LogP contribution in [0.1, 0.15) is 15.9 Å². The Morgan fingerprint density at radius 3 is 2.42 bits per heavy atom. The summed E-state index contributed by atoms with van der Waals surface area (Å²) in [7, 11) is 0. The van der Waals surface area contributed by atoms with E-state index in [1.54, 1.807) is 6.07 Å². The summed E-state index contributed by atoms with van der Waals surface area (Å²) in [5.74, 6) is -0.447. The van der Waals surface area contributed by atoms with E-state index in [9.17, 15) is 4.79 Å². The van der Waals surface area contributed by atoms with Gasteiger partial charge in [0.15, 0.2) is 0 Å². The van der Waals surface area contributed by atoms with E-state index in [0.717, 1.165) is 16.9 Å². The van der Waals surface area contributed by atoms with Gasteiger partial charge in [0.1, 0.15) is 0 Å². The Kier molecular flexibility index (Phi) is 4.06. The Balaban J connectivity index is 2.06. The number of rotatable bonds is 4. The smallest absolute Gasteiger partial charge is 0.249 e. The number of primary amides is 1. The molecule has 0 bridgehead atoms. The predicted molar refractivity (Wildman–Crippen MR) is 80.8 cm³/mol. The van der Waals surface area contributed by atoms with E-state index in [0.29, 0.717) is 16.6 Å². The fourth-order valence-corrected chi connectivity index (χ4v) is 2.24. The van der Waals surface area contributed by atoms with Crippen molar-refractivity contribution in [2.45, 2.75) is 6.54 Å². The highest BCUT2D eigenvalue weighted by atomic mass is 79.9. The van der Waals surface area contributed by atoms with Crippen LogP contribution in [-0.2, 0) is 6.54 Å². The minimum atomic E-state index is -0.447. The van der Waals surface area contributed by atoms with E-state index in [1.807, 2.05) is 36.4 Å². The Morgan fingerprint density at radius 2 is 1.84 bits per heavy atom. The van der Waals surface area contributed by atoms with Crippen molar-refractivity contribution in [1.82, 2.24) is 0 Å². The van der Waals surface area contributed by atoms with Gasteiger partial charge >= 0.3 is 0 Å². The summed E-state index contributed by atoms with van der Waals surface area (Å²) in [6.45, 7) is 0.683. The second kappa shape index (κ2) is 5.75. The third-order valence-corrected chi connectivity index (χ3v) is 3.37. The van der Waals surface area contributed by atoms with Gasteiger partial charge in [-0.2, -0.15) is 0 Å². The lowest BCUT2D eigenvalue weighted by Gasteiger charge is -2.08. The molecule has 0 aliphatic carbocycles. The summed E-state index contributed by atoms with van der Waals surface area (Å²) in [5, 5.41) is 3.26. The number of benzene rings is 2. The molecule has 0 radical (unpaired) electrons. The van der Waals surface area contributed by atoms with Crippen LogP contribution >= 0.6 is 15.9 Å². The monoisotopic (exact) mass is 319 g/mol. The number of hydrogen-bond donors (Lipinski definition) is 3. The molecule has 0 saturated carbocycles. The molecular formula is C14H14BrN3O. The lowest BCUT2D eigenvalue weighted by atomic mass is 10.2. The van der Waals surface area contributed by atoms with Gasteiger partial charge < -0.3 is 16.8 Å². The maximum Gasteiger partial charge on any atom is 0.249 e. The Morgan fingerprint density at radius 1 is 1.16 bits per heavy atom. The highest BCUT2D eigenvalue weighted by Crippen LogP contribution is 2.21. The van der Waals surface area contributed by atoms with Crippen LogP contribution in [-0.4, -0.2) is 5.91 Å². The van der Waals surface area contributed by atoms with Crippen LogP contribution in [0.2, 0.25) is 0 Å². The van der Waals surface area contributed by atoms with Crippen LogP contribution < -0.4 is 16.8 Å². The predicted octanol–water partition coefficient (Wildman–Crippen LogP) is 2.74. The molecule has 0 heterocycles. The molecule has 98 valence electrons. The standard InChI is InChI=1S/C14H14BrN3O/c15-13-7-11(5-6-12(13)14(17)19)18-8-9-1-3-10(16)4-2-9/h1-7,18H,8,16H2,(H2,17,19). The summed E-state index contributed by atoms with van der Waals surface area (Å²) in [4.78, 5) is 11.1. The SMILES string of the molecule is NC(=O)c1ccc(NCc2ccc(N)cc2)cc1Br. The first-order valence-electron chi connectivity index (χ1n) is 5.74. The van der Waals surface area contributed by atoms with Gasteiger partial charge in [-0.3, -0.25) is 4.79 Å². The largest absolute Gasteiger partial charge is 0.399 e. The van der Waals surface area contributed by atoms with Crippen molar-refractivity contribution < 1.29 is 4.79 Å². The molecule has 2 aromatic carbocycles. The zero-order chi connectivity index (χ0) is 13.8. The van der Waals surface area contributed by atoms with Crippen molar-refractivity contribution in [1.29, 1.82) is 0 Å². The van der Waals surface area contributed by atoms with Crippen molar-refractivity contribution in [3.05, 3.63) is 58.1 Å². The van der Waals surface area contributed by atoms with Gasteiger partial charge in [-0.05, 0) is 51.8 Å². The topological polar surface area (TPSA) is 81.1 Å². The Bertz CT molecular complexity index is 596. The Hall–Kier alpha value is -2.01. The molecule has 5 heteroatoms. The molecule has 0 aromatic heterocycles. The lowest BCUT2D eigenvalue weighted by molar-refractivity contribution is 0.0999. The van der Waals surface area contributed by atoms with Gasteiger partial charge in [0.05, 0.1) is 5.56 Å². The quantitative estimate of drug-likeness (QED) is 0.758. The second-order valence-electron chi connectivity index (χ2n) is 4.15. The average molecular weight is 320 g/mol. The van der Waals surface area contributed by atoms with Crippen LogP contribution in [0.15, 0.2) is 46.9 Å². The molecule has 2 aromatic rings. The molecule has 0 unspecified atom stereocenters. The first-order valence-corrected chi connectivity index (χ1v) is 6.53. The summed E-state index contributed by atoms with van der Waals surface area (Å²) in [6.07, 6.45) is 0. The number of nitrogens with one attached hydrogen (secondary N) is 1. The highest BCUT2D eigenvalue weighted by Gasteiger charge is 2.06. The molecule has 19 heavy (non-hydrogen) atoms. The van der Waals surface area contributed by atoms with E-state index < -0.39 is 5.91 Å². The molecule has 0 spiro atoms. The number of nitrogen functional groups attached to an aromatic ring is 1. The first kappa shape index (κ1) is 13.4. The van der Waals surface area contributed by atoms with Crippen molar-refractivity contribution in [2.75, 3.05) is 11.1 Å². The number of carbonyl (C=O) groups is 1. The van der Waals surface area contributed by atoms with Gasteiger partial charge in [0.25, 0.3) is 0 Å². The molecule has 2 rings (SSSR count). The fourth-order valence-electron chi connectivity index (χ4n) is 1.66. The molecule has 0 fully saturated rings. The normalized spacial score (nSPS) is 10.2. The first-order chi connectivity index (χ1) is 9.06. The summed E-state index contributed by atoms with van der Waals surface area (Å²) in [5.41, 5.74) is 14.1. The number of anilines is 2. The molecule has 0 atom stereocenters. The van der Waals surface area contributed by atoms with Crippen LogP contribution in [0, 0.1) is 0 Å². The van der Waals surface area contributed by atoms with Crippen LogP contribution in [0.3, 0.4) is 0 Å². The maximum absolute atomic E-state index is 11.1. The zero-order valence-electron chi connectivity index (χ0n) is 10.2. The summed E-state index contributed by atoms with van der Waals surface area (Å²) < 4.78 is 0.683.